The molecule has 0 atom stereocenters. The number of nitrogens with one attached hydrogen (secondary N) is 1. The third-order valence-corrected chi connectivity index (χ3v) is 2.98. The molecule has 2 nitrogen and oxygen atoms in total. The molecule has 0 saturated carbocycles. The Morgan fingerprint density at radius 3 is 2.50 bits per heavy atom. The van der Waals surface area contributed by atoms with Crippen molar-refractivity contribution in [2.24, 2.45) is 0 Å². The zero-order valence-electron chi connectivity index (χ0n) is 11.7. The van der Waals surface area contributed by atoms with E-state index in [0.29, 0.717) is 5.56 Å². The molecule has 1 N–H and O–H groups in total. The molecule has 106 valence electrons. The van der Waals surface area contributed by atoms with Crippen molar-refractivity contribution >= 4 is 5.69 Å². The standard InChI is InChI=1S/C16H18F2N2/c1-20(2)11-12-5-3-4-6-16(12)19-10-13-9-14(17)7-8-15(13)18/h3-9,19H,10-11H2,1-2H3. The minimum Gasteiger partial charge on any atom is -0.381 e. The monoisotopic (exact) mass is 276 g/mol. The van der Waals surface area contributed by atoms with Gasteiger partial charge in [-0.15, -0.1) is 0 Å². The van der Waals surface area contributed by atoms with Gasteiger partial charge < -0.3 is 10.2 Å². The molecule has 4 heteroatoms. The van der Waals surface area contributed by atoms with E-state index in [-0.39, 0.29) is 6.54 Å². The molecule has 2 aromatic carbocycles. The van der Waals surface area contributed by atoms with Gasteiger partial charge in [0.2, 0.25) is 0 Å². The lowest BCUT2D eigenvalue weighted by Crippen LogP contribution is -2.13. The quantitative estimate of drug-likeness (QED) is 0.897. The lowest BCUT2D eigenvalue weighted by molar-refractivity contribution is 0.403. The van der Waals surface area contributed by atoms with E-state index in [9.17, 15) is 8.78 Å². The fourth-order valence-corrected chi connectivity index (χ4v) is 2.04. The first-order valence-electron chi connectivity index (χ1n) is 6.46. The Morgan fingerprint density at radius 2 is 1.75 bits per heavy atom. The largest absolute Gasteiger partial charge is 0.381 e. The second-order valence-electron chi connectivity index (χ2n) is 4.98. The van der Waals surface area contributed by atoms with Crippen LogP contribution in [0.25, 0.3) is 0 Å². The Hall–Kier alpha value is -1.94. The highest BCUT2D eigenvalue weighted by molar-refractivity contribution is 5.51. The van der Waals surface area contributed by atoms with Crippen molar-refractivity contribution in [3.63, 3.8) is 0 Å². The topological polar surface area (TPSA) is 15.3 Å². The zero-order chi connectivity index (χ0) is 14.5. The maximum Gasteiger partial charge on any atom is 0.128 e. The normalized spacial score (nSPS) is 10.8. The van der Waals surface area contributed by atoms with Crippen LogP contribution in [-0.2, 0) is 13.1 Å². The Morgan fingerprint density at radius 1 is 1.00 bits per heavy atom. The molecule has 0 aliphatic rings. The minimum absolute atomic E-state index is 0.258. The van der Waals surface area contributed by atoms with Crippen LogP contribution in [0.1, 0.15) is 11.1 Å². The van der Waals surface area contributed by atoms with Crippen LogP contribution in [0, 0.1) is 11.6 Å². The Bertz CT molecular complexity index is 582. The molecule has 0 heterocycles. The molecule has 0 spiro atoms. The maximum atomic E-state index is 13.6. The maximum absolute atomic E-state index is 13.6. The fraction of sp³-hybridized carbons (Fsp3) is 0.250. The third kappa shape index (κ3) is 3.78. The predicted molar refractivity (Wildman–Crippen MR) is 77.5 cm³/mol. The average molecular weight is 276 g/mol. The number of halogens is 2. The van der Waals surface area contributed by atoms with Crippen molar-refractivity contribution in [1.82, 2.24) is 4.90 Å². The molecule has 0 aliphatic heterocycles. The van der Waals surface area contributed by atoms with E-state index >= 15 is 0 Å². The van der Waals surface area contributed by atoms with Crippen molar-refractivity contribution in [1.29, 1.82) is 0 Å². The smallest absolute Gasteiger partial charge is 0.128 e. The summed E-state index contributed by atoms with van der Waals surface area (Å²) in [7, 11) is 3.98. The number of hydrogen-bond acceptors (Lipinski definition) is 2. The second kappa shape index (κ2) is 6.48. The van der Waals surface area contributed by atoms with Crippen LogP contribution in [0.2, 0.25) is 0 Å². The summed E-state index contributed by atoms with van der Waals surface area (Å²) < 4.78 is 26.7. The van der Waals surface area contributed by atoms with Crippen LogP contribution in [0.4, 0.5) is 14.5 Å². The molecule has 0 amide bonds. The summed E-state index contributed by atoms with van der Waals surface area (Å²) >= 11 is 0. The molecule has 0 saturated heterocycles. The van der Waals surface area contributed by atoms with Gasteiger partial charge in [0.05, 0.1) is 0 Å². The first kappa shape index (κ1) is 14.5. The van der Waals surface area contributed by atoms with E-state index in [0.717, 1.165) is 29.9 Å². The number of rotatable bonds is 5. The van der Waals surface area contributed by atoms with Crippen LogP contribution in [-0.4, -0.2) is 19.0 Å². The number of nitrogens with zero attached hydrogens (tertiary/aromatic N) is 1. The van der Waals surface area contributed by atoms with E-state index in [2.05, 4.69) is 10.2 Å². The molecule has 20 heavy (non-hydrogen) atoms. The van der Waals surface area contributed by atoms with Crippen molar-refractivity contribution < 1.29 is 8.78 Å². The molecule has 2 aromatic rings. The summed E-state index contributed by atoms with van der Waals surface area (Å²) in [6.07, 6.45) is 0. The number of hydrogen-bond donors (Lipinski definition) is 1. The molecular weight excluding hydrogens is 258 g/mol. The van der Waals surface area contributed by atoms with Gasteiger partial charge in [-0.2, -0.15) is 0 Å². The Labute approximate surface area is 118 Å². The van der Waals surface area contributed by atoms with E-state index in [4.69, 9.17) is 0 Å². The van der Waals surface area contributed by atoms with Gasteiger partial charge in [-0.05, 0) is 43.9 Å². The highest BCUT2D eigenvalue weighted by atomic mass is 19.1. The molecule has 2 rings (SSSR count). The van der Waals surface area contributed by atoms with Crippen molar-refractivity contribution in [3.8, 4) is 0 Å². The summed E-state index contributed by atoms with van der Waals surface area (Å²) in [6, 6.07) is 11.3. The highest BCUT2D eigenvalue weighted by Crippen LogP contribution is 2.18. The first-order chi connectivity index (χ1) is 9.56. The molecule has 0 aliphatic carbocycles. The van der Waals surface area contributed by atoms with Gasteiger partial charge in [-0.1, -0.05) is 18.2 Å². The lowest BCUT2D eigenvalue weighted by atomic mass is 10.1. The van der Waals surface area contributed by atoms with E-state index in [1.807, 2.05) is 38.4 Å². The van der Waals surface area contributed by atoms with Crippen molar-refractivity contribution in [3.05, 3.63) is 65.2 Å². The van der Waals surface area contributed by atoms with Gasteiger partial charge >= 0.3 is 0 Å². The van der Waals surface area contributed by atoms with Crippen LogP contribution in [0.15, 0.2) is 42.5 Å². The van der Waals surface area contributed by atoms with Crippen LogP contribution in [0.3, 0.4) is 0 Å². The predicted octanol–water partition coefficient (Wildman–Crippen LogP) is 3.64. The lowest BCUT2D eigenvalue weighted by Gasteiger charge is -2.15. The number of benzene rings is 2. The summed E-state index contributed by atoms with van der Waals surface area (Å²) in [5.74, 6) is -0.825. The van der Waals surface area contributed by atoms with Crippen LogP contribution in [0.5, 0.6) is 0 Å². The van der Waals surface area contributed by atoms with Crippen molar-refractivity contribution in [2.45, 2.75) is 13.1 Å². The second-order valence-corrected chi connectivity index (χ2v) is 4.98. The summed E-state index contributed by atoms with van der Waals surface area (Å²) in [5, 5.41) is 3.17. The molecule has 0 fully saturated rings. The average Bonchev–Trinajstić information content (AvgIpc) is 2.41. The number of anilines is 1. The van der Waals surface area contributed by atoms with Gasteiger partial charge in [-0.25, -0.2) is 8.78 Å². The molecule has 0 radical (unpaired) electrons. The Kier molecular flexibility index (Phi) is 4.69. The molecule has 0 bridgehead atoms. The van der Waals surface area contributed by atoms with Gasteiger partial charge in [0.1, 0.15) is 11.6 Å². The van der Waals surface area contributed by atoms with Crippen LogP contribution >= 0.6 is 0 Å². The Balaban J connectivity index is 2.12. The van der Waals surface area contributed by atoms with E-state index in [1.54, 1.807) is 0 Å². The number of para-hydroxylation sites is 1. The van der Waals surface area contributed by atoms with E-state index in [1.165, 1.54) is 6.07 Å². The zero-order valence-corrected chi connectivity index (χ0v) is 11.7. The highest BCUT2D eigenvalue weighted by Gasteiger charge is 2.06. The van der Waals surface area contributed by atoms with Gasteiger partial charge in [0.15, 0.2) is 0 Å². The summed E-state index contributed by atoms with van der Waals surface area (Å²) in [5.41, 5.74) is 2.38. The van der Waals surface area contributed by atoms with Crippen molar-refractivity contribution in [2.75, 3.05) is 19.4 Å². The van der Waals surface area contributed by atoms with Gasteiger partial charge in [-0.3, -0.25) is 0 Å². The molecule has 0 unspecified atom stereocenters. The molecular formula is C16H18F2N2. The summed E-state index contributed by atoms with van der Waals surface area (Å²) in [6.45, 7) is 1.04. The van der Waals surface area contributed by atoms with Gasteiger partial charge in [0.25, 0.3) is 0 Å². The SMILES string of the molecule is CN(C)Cc1ccccc1NCc1cc(F)ccc1F. The van der Waals surface area contributed by atoms with E-state index < -0.39 is 11.6 Å². The minimum atomic E-state index is -0.426. The summed E-state index contributed by atoms with van der Waals surface area (Å²) in [4.78, 5) is 2.06. The first-order valence-corrected chi connectivity index (χ1v) is 6.46. The van der Waals surface area contributed by atoms with Crippen LogP contribution < -0.4 is 5.32 Å². The molecule has 0 aromatic heterocycles. The van der Waals surface area contributed by atoms with Gasteiger partial charge in [0, 0.05) is 24.3 Å². The fourth-order valence-electron chi connectivity index (χ4n) is 2.04. The third-order valence-electron chi connectivity index (χ3n) is 2.98.